The SMILES string of the molecule is CCCC(C)C1CCCCC1CNC. The van der Waals surface area contributed by atoms with Gasteiger partial charge in [-0.2, -0.15) is 0 Å². The molecule has 1 aliphatic carbocycles. The van der Waals surface area contributed by atoms with Crippen molar-refractivity contribution in [1.29, 1.82) is 0 Å². The van der Waals surface area contributed by atoms with Gasteiger partial charge in [0.25, 0.3) is 0 Å². The second-order valence-corrected chi connectivity index (χ2v) is 5.03. The van der Waals surface area contributed by atoms with Crippen molar-refractivity contribution >= 4 is 0 Å². The van der Waals surface area contributed by atoms with E-state index >= 15 is 0 Å². The summed E-state index contributed by atoms with van der Waals surface area (Å²) in [5, 5.41) is 3.36. The van der Waals surface area contributed by atoms with Crippen molar-refractivity contribution in [3.63, 3.8) is 0 Å². The Labute approximate surface area is 89.7 Å². The molecule has 1 fully saturated rings. The van der Waals surface area contributed by atoms with E-state index in [-0.39, 0.29) is 0 Å². The van der Waals surface area contributed by atoms with Crippen LogP contribution in [-0.2, 0) is 0 Å². The van der Waals surface area contributed by atoms with Crippen LogP contribution < -0.4 is 5.32 Å². The Morgan fingerprint density at radius 3 is 2.64 bits per heavy atom. The fraction of sp³-hybridized carbons (Fsp3) is 1.00. The number of hydrogen-bond donors (Lipinski definition) is 1. The van der Waals surface area contributed by atoms with Gasteiger partial charge >= 0.3 is 0 Å². The van der Waals surface area contributed by atoms with Crippen LogP contribution in [0, 0.1) is 17.8 Å². The highest BCUT2D eigenvalue weighted by Gasteiger charge is 2.28. The third-order valence-electron chi connectivity index (χ3n) is 3.91. The molecule has 0 bridgehead atoms. The van der Waals surface area contributed by atoms with Crippen molar-refractivity contribution in [3.05, 3.63) is 0 Å². The average Bonchev–Trinajstić information content (AvgIpc) is 2.19. The van der Waals surface area contributed by atoms with Crippen LogP contribution in [0.3, 0.4) is 0 Å². The van der Waals surface area contributed by atoms with Gasteiger partial charge in [-0.3, -0.25) is 0 Å². The Morgan fingerprint density at radius 2 is 2.00 bits per heavy atom. The van der Waals surface area contributed by atoms with Crippen LogP contribution in [-0.4, -0.2) is 13.6 Å². The lowest BCUT2D eigenvalue weighted by atomic mass is 9.72. The van der Waals surface area contributed by atoms with Crippen LogP contribution in [0.5, 0.6) is 0 Å². The summed E-state index contributed by atoms with van der Waals surface area (Å²) in [6, 6.07) is 0. The number of nitrogens with one attached hydrogen (secondary N) is 1. The van der Waals surface area contributed by atoms with Crippen molar-refractivity contribution in [2.24, 2.45) is 17.8 Å². The zero-order valence-electron chi connectivity index (χ0n) is 10.2. The standard InChI is InChI=1S/C13H27N/c1-4-7-11(2)13-9-6-5-8-12(13)10-14-3/h11-14H,4-10H2,1-3H3. The fourth-order valence-corrected chi connectivity index (χ4v) is 3.17. The first-order valence-electron chi connectivity index (χ1n) is 6.44. The maximum absolute atomic E-state index is 3.36. The molecule has 1 aliphatic rings. The second kappa shape index (κ2) is 6.44. The van der Waals surface area contributed by atoms with Crippen molar-refractivity contribution in [2.75, 3.05) is 13.6 Å². The smallest absolute Gasteiger partial charge is 0.00208 e. The van der Waals surface area contributed by atoms with Gasteiger partial charge < -0.3 is 5.32 Å². The zero-order chi connectivity index (χ0) is 10.4. The predicted molar refractivity (Wildman–Crippen MR) is 63.4 cm³/mol. The monoisotopic (exact) mass is 197 g/mol. The van der Waals surface area contributed by atoms with E-state index in [2.05, 4.69) is 26.2 Å². The largest absolute Gasteiger partial charge is 0.319 e. The van der Waals surface area contributed by atoms with Crippen molar-refractivity contribution in [1.82, 2.24) is 5.32 Å². The molecule has 0 radical (unpaired) electrons. The van der Waals surface area contributed by atoms with Gasteiger partial charge in [-0.25, -0.2) is 0 Å². The minimum absolute atomic E-state index is 0.943. The molecular formula is C13H27N. The molecule has 0 amide bonds. The van der Waals surface area contributed by atoms with Gasteiger partial charge in [0, 0.05) is 0 Å². The molecule has 0 heterocycles. The van der Waals surface area contributed by atoms with Crippen LogP contribution in [0.25, 0.3) is 0 Å². The van der Waals surface area contributed by atoms with Crippen molar-refractivity contribution in [2.45, 2.75) is 52.4 Å². The number of rotatable bonds is 5. The van der Waals surface area contributed by atoms with Gasteiger partial charge in [0.05, 0.1) is 0 Å². The van der Waals surface area contributed by atoms with E-state index < -0.39 is 0 Å². The average molecular weight is 197 g/mol. The van der Waals surface area contributed by atoms with Crippen LogP contribution in [0.1, 0.15) is 52.4 Å². The van der Waals surface area contributed by atoms with Gasteiger partial charge in [-0.1, -0.05) is 39.5 Å². The maximum Gasteiger partial charge on any atom is -0.00208 e. The summed E-state index contributed by atoms with van der Waals surface area (Å²) in [6.07, 6.45) is 8.64. The first kappa shape index (κ1) is 12.0. The predicted octanol–water partition coefficient (Wildman–Crippen LogP) is 3.45. The third-order valence-corrected chi connectivity index (χ3v) is 3.91. The van der Waals surface area contributed by atoms with E-state index in [9.17, 15) is 0 Å². The van der Waals surface area contributed by atoms with E-state index in [0.717, 1.165) is 17.8 Å². The molecule has 0 aromatic heterocycles. The maximum atomic E-state index is 3.36. The van der Waals surface area contributed by atoms with Gasteiger partial charge in [-0.05, 0) is 44.2 Å². The van der Waals surface area contributed by atoms with Crippen LogP contribution >= 0.6 is 0 Å². The summed E-state index contributed by atoms with van der Waals surface area (Å²) in [5.74, 6) is 2.89. The quantitative estimate of drug-likeness (QED) is 0.712. The Kier molecular flexibility index (Phi) is 5.54. The zero-order valence-corrected chi connectivity index (χ0v) is 10.2. The van der Waals surface area contributed by atoms with E-state index in [1.165, 1.54) is 45.1 Å². The lowest BCUT2D eigenvalue weighted by Gasteiger charge is -2.35. The summed E-state index contributed by atoms with van der Waals surface area (Å²) >= 11 is 0. The second-order valence-electron chi connectivity index (χ2n) is 5.03. The number of hydrogen-bond acceptors (Lipinski definition) is 1. The molecule has 1 heteroatoms. The molecule has 0 aliphatic heterocycles. The normalized spacial score (nSPS) is 30.2. The van der Waals surface area contributed by atoms with E-state index in [4.69, 9.17) is 0 Å². The van der Waals surface area contributed by atoms with Gasteiger partial charge in [-0.15, -0.1) is 0 Å². The lowest BCUT2D eigenvalue weighted by Crippen LogP contribution is -2.32. The molecule has 0 saturated heterocycles. The van der Waals surface area contributed by atoms with Gasteiger partial charge in [0.2, 0.25) is 0 Å². The molecule has 84 valence electrons. The third kappa shape index (κ3) is 3.27. The Balaban J connectivity index is 2.44. The fourth-order valence-electron chi connectivity index (χ4n) is 3.17. The molecular weight excluding hydrogens is 170 g/mol. The molecule has 3 atom stereocenters. The van der Waals surface area contributed by atoms with Crippen LogP contribution in [0.4, 0.5) is 0 Å². The summed E-state index contributed by atoms with van der Waals surface area (Å²) in [5.41, 5.74) is 0. The molecule has 1 rings (SSSR count). The first-order valence-corrected chi connectivity index (χ1v) is 6.44. The van der Waals surface area contributed by atoms with Crippen molar-refractivity contribution < 1.29 is 0 Å². The van der Waals surface area contributed by atoms with Crippen molar-refractivity contribution in [3.8, 4) is 0 Å². The Bertz CT molecular complexity index is 142. The summed E-state index contributed by atoms with van der Waals surface area (Å²) in [4.78, 5) is 0. The minimum Gasteiger partial charge on any atom is -0.319 e. The highest BCUT2D eigenvalue weighted by Crippen LogP contribution is 2.36. The summed E-state index contributed by atoms with van der Waals surface area (Å²) in [7, 11) is 2.09. The van der Waals surface area contributed by atoms with Gasteiger partial charge in [0.1, 0.15) is 0 Å². The lowest BCUT2D eigenvalue weighted by molar-refractivity contribution is 0.162. The van der Waals surface area contributed by atoms with Crippen LogP contribution in [0.2, 0.25) is 0 Å². The highest BCUT2D eigenvalue weighted by molar-refractivity contribution is 4.80. The molecule has 1 saturated carbocycles. The summed E-state index contributed by atoms with van der Waals surface area (Å²) < 4.78 is 0. The Hall–Kier alpha value is -0.0400. The molecule has 1 N–H and O–H groups in total. The van der Waals surface area contributed by atoms with E-state index in [0.29, 0.717) is 0 Å². The van der Waals surface area contributed by atoms with Gasteiger partial charge in [0.15, 0.2) is 0 Å². The Morgan fingerprint density at radius 1 is 1.29 bits per heavy atom. The van der Waals surface area contributed by atoms with E-state index in [1.807, 2.05) is 0 Å². The summed E-state index contributed by atoms with van der Waals surface area (Å²) in [6.45, 7) is 6.01. The molecule has 0 aromatic rings. The van der Waals surface area contributed by atoms with E-state index in [1.54, 1.807) is 0 Å². The molecule has 0 spiro atoms. The van der Waals surface area contributed by atoms with Crippen LogP contribution in [0.15, 0.2) is 0 Å². The molecule has 14 heavy (non-hydrogen) atoms. The minimum atomic E-state index is 0.943. The molecule has 3 unspecified atom stereocenters. The molecule has 1 nitrogen and oxygen atoms in total. The topological polar surface area (TPSA) is 12.0 Å². The first-order chi connectivity index (χ1) is 6.79. The molecule has 0 aromatic carbocycles. The highest BCUT2D eigenvalue weighted by atomic mass is 14.8.